The number of nitrogens with one attached hydrogen (secondary N) is 2. The minimum absolute atomic E-state index is 0.0790. The Morgan fingerprint density at radius 1 is 1.11 bits per heavy atom. The molecule has 0 atom stereocenters. The van der Waals surface area contributed by atoms with Crippen molar-refractivity contribution >= 4 is 11.6 Å². The Labute approximate surface area is 116 Å². The highest BCUT2D eigenvalue weighted by Gasteiger charge is 2.20. The summed E-state index contributed by atoms with van der Waals surface area (Å²) in [5.74, 6) is 2.64. The van der Waals surface area contributed by atoms with Crippen molar-refractivity contribution in [1.82, 2.24) is 14.9 Å². The van der Waals surface area contributed by atoms with E-state index in [0.29, 0.717) is 0 Å². The van der Waals surface area contributed by atoms with Gasteiger partial charge in [0.1, 0.15) is 17.5 Å². The van der Waals surface area contributed by atoms with E-state index in [1.165, 1.54) is 0 Å². The Kier molecular flexibility index (Phi) is 5.54. The Bertz CT molecular complexity index is 401. The molecule has 0 fully saturated rings. The van der Waals surface area contributed by atoms with E-state index < -0.39 is 0 Å². The Morgan fingerprint density at radius 2 is 1.68 bits per heavy atom. The van der Waals surface area contributed by atoms with Crippen LogP contribution in [0.3, 0.4) is 0 Å². The molecule has 0 unspecified atom stereocenters. The van der Waals surface area contributed by atoms with Crippen LogP contribution in [0.25, 0.3) is 0 Å². The van der Waals surface area contributed by atoms with Gasteiger partial charge >= 0.3 is 0 Å². The summed E-state index contributed by atoms with van der Waals surface area (Å²) in [4.78, 5) is 11.2. The third-order valence-corrected chi connectivity index (χ3v) is 3.36. The van der Waals surface area contributed by atoms with Crippen molar-refractivity contribution in [2.24, 2.45) is 0 Å². The Hall–Kier alpha value is -1.36. The SMILES string of the molecule is CCNc1cc(NCC(C)(C)N(C)C)nc(CC)n1. The molecule has 5 heteroatoms. The first-order valence-electron chi connectivity index (χ1n) is 6.92. The zero-order valence-corrected chi connectivity index (χ0v) is 13.0. The van der Waals surface area contributed by atoms with Gasteiger partial charge in [-0.25, -0.2) is 9.97 Å². The van der Waals surface area contributed by atoms with Gasteiger partial charge in [0.25, 0.3) is 0 Å². The van der Waals surface area contributed by atoms with Gasteiger partial charge in [-0.05, 0) is 34.9 Å². The molecule has 1 aromatic heterocycles. The maximum atomic E-state index is 4.52. The van der Waals surface area contributed by atoms with Gasteiger partial charge < -0.3 is 15.5 Å². The van der Waals surface area contributed by atoms with Crippen molar-refractivity contribution in [3.05, 3.63) is 11.9 Å². The Balaban J connectivity index is 2.80. The fourth-order valence-corrected chi connectivity index (χ4v) is 1.48. The highest BCUT2D eigenvalue weighted by molar-refractivity contribution is 5.47. The molecule has 0 saturated heterocycles. The number of hydrogen-bond acceptors (Lipinski definition) is 5. The molecule has 19 heavy (non-hydrogen) atoms. The van der Waals surface area contributed by atoms with Crippen LogP contribution >= 0.6 is 0 Å². The number of hydrogen-bond donors (Lipinski definition) is 2. The molecule has 0 amide bonds. The molecule has 0 aliphatic carbocycles. The first-order valence-corrected chi connectivity index (χ1v) is 6.92. The van der Waals surface area contributed by atoms with Gasteiger partial charge in [-0.1, -0.05) is 6.92 Å². The summed E-state index contributed by atoms with van der Waals surface area (Å²) in [6.45, 7) is 10.2. The molecule has 0 aliphatic rings. The van der Waals surface area contributed by atoms with E-state index >= 15 is 0 Å². The van der Waals surface area contributed by atoms with Gasteiger partial charge in [0.15, 0.2) is 0 Å². The minimum Gasteiger partial charge on any atom is -0.370 e. The monoisotopic (exact) mass is 265 g/mol. The summed E-state index contributed by atoms with van der Waals surface area (Å²) in [6.07, 6.45) is 0.838. The number of likely N-dealkylation sites (N-methyl/N-ethyl adjacent to an activating group) is 1. The smallest absolute Gasteiger partial charge is 0.132 e. The average Bonchev–Trinajstić information content (AvgIpc) is 2.36. The topological polar surface area (TPSA) is 53.1 Å². The van der Waals surface area contributed by atoms with Gasteiger partial charge in [-0.2, -0.15) is 0 Å². The molecule has 0 aliphatic heterocycles. The van der Waals surface area contributed by atoms with Crippen LogP contribution in [-0.4, -0.2) is 47.6 Å². The highest BCUT2D eigenvalue weighted by Crippen LogP contribution is 2.15. The lowest BCUT2D eigenvalue weighted by Crippen LogP contribution is -2.44. The van der Waals surface area contributed by atoms with Crippen LogP contribution in [-0.2, 0) is 6.42 Å². The molecule has 1 aromatic rings. The summed E-state index contributed by atoms with van der Waals surface area (Å²) in [5.41, 5.74) is 0.0790. The van der Waals surface area contributed by atoms with Gasteiger partial charge in [-0.15, -0.1) is 0 Å². The van der Waals surface area contributed by atoms with E-state index in [1.54, 1.807) is 0 Å². The normalized spacial score (nSPS) is 11.7. The molecule has 1 rings (SSSR count). The van der Waals surface area contributed by atoms with Crippen LogP contribution in [0.5, 0.6) is 0 Å². The van der Waals surface area contributed by atoms with Crippen molar-refractivity contribution in [3.8, 4) is 0 Å². The van der Waals surface area contributed by atoms with Crippen LogP contribution in [0.1, 0.15) is 33.5 Å². The van der Waals surface area contributed by atoms with Gasteiger partial charge in [0.2, 0.25) is 0 Å². The fourth-order valence-electron chi connectivity index (χ4n) is 1.48. The van der Waals surface area contributed by atoms with E-state index in [4.69, 9.17) is 0 Å². The van der Waals surface area contributed by atoms with E-state index in [1.807, 2.05) is 6.07 Å². The van der Waals surface area contributed by atoms with Crippen LogP contribution < -0.4 is 10.6 Å². The van der Waals surface area contributed by atoms with Crippen LogP contribution in [0.4, 0.5) is 11.6 Å². The van der Waals surface area contributed by atoms with Crippen LogP contribution in [0.2, 0.25) is 0 Å². The molecule has 5 nitrogen and oxygen atoms in total. The molecule has 108 valence electrons. The summed E-state index contributed by atoms with van der Waals surface area (Å²) in [6, 6.07) is 1.97. The lowest BCUT2D eigenvalue weighted by molar-refractivity contribution is 0.210. The van der Waals surface area contributed by atoms with Gasteiger partial charge in [0.05, 0.1) is 0 Å². The van der Waals surface area contributed by atoms with Crippen molar-refractivity contribution < 1.29 is 0 Å². The van der Waals surface area contributed by atoms with Crippen LogP contribution in [0, 0.1) is 0 Å². The standard InChI is InChI=1S/C14H27N5/c1-7-11-17-12(15-8-2)9-13(18-11)16-10-14(3,4)19(5)6/h9H,7-8,10H2,1-6H3,(H2,15,16,17,18). The number of anilines is 2. The second-order valence-electron chi connectivity index (χ2n) is 5.50. The summed E-state index contributed by atoms with van der Waals surface area (Å²) in [7, 11) is 4.17. The zero-order valence-electron chi connectivity index (χ0n) is 13.0. The lowest BCUT2D eigenvalue weighted by atomic mass is 10.0. The summed E-state index contributed by atoms with van der Waals surface area (Å²) >= 11 is 0. The molecule has 0 saturated carbocycles. The molecule has 0 bridgehead atoms. The number of aromatic nitrogens is 2. The predicted octanol–water partition coefficient (Wildman–Crippen LogP) is 2.22. The maximum absolute atomic E-state index is 4.52. The molecular weight excluding hydrogens is 238 g/mol. The number of aryl methyl sites for hydroxylation is 1. The third-order valence-electron chi connectivity index (χ3n) is 3.36. The van der Waals surface area contributed by atoms with Gasteiger partial charge in [0, 0.05) is 31.1 Å². The number of nitrogens with zero attached hydrogens (tertiary/aromatic N) is 3. The summed E-state index contributed by atoms with van der Waals surface area (Å²) in [5, 5.41) is 6.65. The largest absolute Gasteiger partial charge is 0.370 e. The molecule has 0 aromatic carbocycles. The quantitative estimate of drug-likeness (QED) is 0.792. The molecule has 0 spiro atoms. The fraction of sp³-hybridized carbons (Fsp3) is 0.714. The second-order valence-corrected chi connectivity index (χ2v) is 5.50. The first kappa shape index (κ1) is 15.7. The summed E-state index contributed by atoms with van der Waals surface area (Å²) < 4.78 is 0. The first-order chi connectivity index (χ1) is 8.89. The zero-order chi connectivity index (χ0) is 14.5. The average molecular weight is 265 g/mol. The molecule has 0 radical (unpaired) electrons. The van der Waals surface area contributed by atoms with Gasteiger partial charge in [-0.3, -0.25) is 0 Å². The minimum atomic E-state index is 0.0790. The second kappa shape index (κ2) is 6.70. The lowest BCUT2D eigenvalue weighted by Gasteiger charge is -2.32. The van der Waals surface area contributed by atoms with E-state index in [-0.39, 0.29) is 5.54 Å². The molecule has 1 heterocycles. The van der Waals surface area contributed by atoms with E-state index in [0.717, 1.165) is 37.0 Å². The Morgan fingerprint density at radius 3 is 2.16 bits per heavy atom. The van der Waals surface area contributed by atoms with Crippen LogP contribution in [0.15, 0.2) is 6.07 Å². The highest BCUT2D eigenvalue weighted by atomic mass is 15.2. The molecule has 2 N–H and O–H groups in total. The third kappa shape index (κ3) is 4.67. The van der Waals surface area contributed by atoms with Crippen molar-refractivity contribution in [2.45, 2.75) is 39.7 Å². The number of rotatable bonds is 7. The van der Waals surface area contributed by atoms with E-state index in [2.05, 4.69) is 67.3 Å². The van der Waals surface area contributed by atoms with Crippen molar-refractivity contribution in [3.63, 3.8) is 0 Å². The predicted molar refractivity (Wildman–Crippen MR) is 81.8 cm³/mol. The maximum Gasteiger partial charge on any atom is 0.132 e. The molecular formula is C14H27N5. The van der Waals surface area contributed by atoms with E-state index in [9.17, 15) is 0 Å². The van der Waals surface area contributed by atoms with Crippen molar-refractivity contribution in [2.75, 3.05) is 37.8 Å². The van der Waals surface area contributed by atoms with Crippen molar-refractivity contribution in [1.29, 1.82) is 0 Å².